The predicted octanol–water partition coefficient (Wildman–Crippen LogP) is 2.15. The fourth-order valence-electron chi connectivity index (χ4n) is 2.10. The topological polar surface area (TPSA) is 39.7 Å². The molecule has 2 rings (SSSR count). The smallest absolute Gasteiger partial charge is 0.129 e. The SMILES string of the molecule is COc1ccc(OC)c(C(=S)NC[C@@H]2CCCO2)c1. The molecule has 0 saturated carbocycles. The van der Waals surface area contributed by atoms with Crippen LogP contribution in [0.4, 0.5) is 0 Å². The van der Waals surface area contributed by atoms with Crippen molar-refractivity contribution in [3.63, 3.8) is 0 Å². The quantitative estimate of drug-likeness (QED) is 0.837. The Bertz CT molecular complexity index is 444. The Balaban J connectivity index is 2.03. The first-order chi connectivity index (χ1) is 9.24. The molecule has 1 aromatic rings. The van der Waals surface area contributed by atoms with Gasteiger partial charge in [-0.25, -0.2) is 0 Å². The average Bonchev–Trinajstić information content (AvgIpc) is 2.97. The molecular weight excluding hydrogens is 262 g/mol. The Morgan fingerprint density at radius 3 is 2.89 bits per heavy atom. The van der Waals surface area contributed by atoms with E-state index in [1.165, 1.54) is 0 Å². The molecule has 4 nitrogen and oxygen atoms in total. The minimum absolute atomic E-state index is 0.259. The summed E-state index contributed by atoms with van der Waals surface area (Å²) in [6, 6.07) is 5.59. The number of methoxy groups -OCH3 is 2. The third kappa shape index (κ3) is 3.58. The maximum Gasteiger partial charge on any atom is 0.129 e. The number of rotatable bonds is 5. The zero-order chi connectivity index (χ0) is 13.7. The van der Waals surface area contributed by atoms with Crippen LogP contribution < -0.4 is 14.8 Å². The molecule has 0 aliphatic carbocycles. The molecule has 1 aliphatic heterocycles. The van der Waals surface area contributed by atoms with Gasteiger partial charge in [-0.1, -0.05) is 12.2 Å². The Kier molecular flexibility index (Phi) is 4.99. The first kappa shape index (κ1) is 14.1. The van der Waals surface area contributed by atoms with Crippen LogP contribution in [0, 0.1) is 0 Å². The molecule has 1 saturated heterocycles. The summed E-state index contributed by atoms with van der Waals surface area (Å²) in [6.45, 7) is 1.58. The number of nitrogens with one attached hydrogen (secondary N) is 1. The van der Waals surface area contributed by atoms with Gasteiger partial charge >= 0.3 is 0 Å². The summed E-state index contributed by atoms with van der Waals surface area (Å²) >= 11 is 5.41. The van der Waals surface area contributed by atoms with Gasteiger partial charge in [-0.2, -0.15) is 0 Å². The molecule has 1 aliphatic rings. The van der Waals surface area contributed by atoms with E-state index in [-0.39, 0.29) is 6.10 Å². The van der Waals surface area contributed by atoms with Gasteiger partial charge in [0.2, 0.25) is 0 Å². The highest BCUT2D eigenvalue weighted by molar-refractivity contribution is 7.80. The second kappa shape index (κ2) is 6.73. The standard InChI is InChI=1S/C14H19NO3S/c1-16-10-5-6-13(17-2)12(8-10)14(19)15-9-11-4-3-7-18-11/h5-6,8,11H,3-4,7,9H2,1-2H3,(H,15,19)/t11-/m0/s1. The van der Waals surface area contributed by atoms with Gasteiger partial charge in [0.1, 0.15) is 16.5 Å². The second-order valence-electron chi connectivity index (χ2n) is 4.41. The van der Waals surface area contributed by atoms with Crippen LogP contribution in [0.3, 0.4) is 0 Å². The molecule has 0 unspecified atom stereocenters. The Hall–Kier alpha value is -1.33. The maximum atomic E-state index is 5.56. The minimum Gasteiger partial charge on any atom is -0.497 e. The van der Waals surface area contributed by atoms with Crippen molar-refractivity contribution in [1.82, 2.24) is 5.32 Å². The van der Waals surface area contributed by atoms with Gasteiger partial charge < -0.3 is 19.5 Å². The lowest BCUT2D eigenvalue weighted by atomic mass is 10.1. The first-order valence-corrected chi connectivity index (χ1v) is 6.77. The summed E-state index contributed by atoms with van der Waals surface area (Å²) in [6.07, 6.45) is 2.47. The third-order valence-corrected chi connectivity index (χ3v) is 3.53. The number of benzene rings is 1. The van der Waals surface area contributed by atoms with Crippen LogP contribution in [-0.4, -0.2) is 38.5 Å². The van der Waals surface area contributed by atoms with Crippen molar-refractivity contribution in [2.75, 3.05) is 27.4 Å². The predicted molar refractivity (Wildman–Crippen MR) is 78.2 cm³/mol. The summed E-state index contributed by atoms with van der Waals surface area (Å²) < 4.78 is 16.1. The molecular formula is C14H19NO3S. The Morgan fingerprint density at radius 2 is 2.26 bits per heavy atom. The van der Waals surface area contributed by atoms with Crippen LogP contribution in [0.1, 0.15) is 18.4 Å². The number of hydrogen-bond acceptors (Lipinski definition) is 4. The van der Waals surface area contributed by atoms with E-state index < -0.39 is 0 Å². The normalized spacial score (nSPS) is 18.1. The minimum atomic E-state index is 0.259. The van der Waals surface area contributed by atoms with E-state index in [9.17, 15) is 0 Å². The van der Waals surface area contributed by atoms with Crippen molar-refractivity contribution < 1.29 is 14.2 Å². The highest BCUT2D eigenvalue weighted by Crippen LogP contribution is 2.24. The van der Waals surface area contributed by atoms with Crippen molar-refractivity contribution in [1.29, 1.82) is 0 Å². The molecule has 1 N–H and O–H groups in total. The molecule has 0 bridgehead atoms. The highest BCUT2D eigenvalue weighted by Gasteiger charge is 2.17. The lowest BCUT2D eigenvalue weighted by molar-refractivity contribution is 0.114. The fourth-order valence-corrected chi connectivity index (χ4v) is 2.34. The number of ether oxygens (including phenoxy) is 3. The van der Waals surface area contributed by atoms with E-state index in [0.717, 1.165) is 43.1 Å². The van der Waals surface area contributed by atoms with Crippen molar-refractivity contribution in [2.45, 2.75) is 18.9 Å². The van der Waals surface area contributed by atoms with Crippen molar-refractivity contribution in [3.8, 4) is 11.5 Å². The molecule has 0 amide bonds. The lowest BCUT2D eigenvalue weighted by Crippen LogP contribution is -2.31. The highest BCUT2D eigenvalue weighted by atomic mass is 32.1. The summed E-state index contributed by atoms with van der Waals surface area (Å²) in [7, 11) is 3.27. The van der Waals surface area contributed by atoms with Crippen molar-refractivity contribution in [2.24, 2.45) is 0 Å². The zero-order valence-corrected chi connectivity index (χ0v) is 12.1. The van der Waals surface area contributed by atoms with Crippen LogP contribution in [0.25, 0.3) is 0 Å². The maximum absolute atomic E-state index is 5.56. The zero-order valence-electron chi connectivity index (χ0n) is 11.3. The van der Waals surface area contributed by atoms with Gasteiger partial charge in [-0.15, -0.1) is 0 Å². The van der Waals surface area contributed by atoms with E-state index >= 15 is 0 Å². The van der Waals surface area contributed by atoms with Crippen molar-refractivity contribution in [3.05, 3.63) is 23.8 Å². The fraction of sp³-hybridized carbons (Fsp3) is 0.500. The molecule has 1 heterocycles. The Morgan fingerprint density at radius 1 is 1.42 bits per heavy atom. The van der Waals surface area contributed by atoms with E-state index in [1.807, 2.05) is 18.2 Å². The van der Waals surface area contributed by atoms with E-state index in [1.54, 1.807) is 14.2 Å². The largest absolute Gasteiger partial charge is 0.497 e. The molecule has 1 fully saturated rings. The molecule has 0 aromatic heterocycles. The molecule has 19 heavy (non-hydrogen) atoms. The summed E-state index contributed by atoms with van der Waals surface area (Å²) in [5.74, 6) is 1.50. The van der Waals surface area contributed by atoms with E-state index in [2.05, 4.69) is 5.32 Å². The van der Waals surface area contributed by atoms with Crippen LogP contribution in [0.5, 0.6) is 11.5 Å². The van der Waals surface area contributed by atoms with Gasteiger partial charge in [-0.05, 0) is 31.0 Å². The summed E-state index contributed by atoms with van der Waals surface area (Å²) in [4.78, 5) is 0.659. The van der Waals surface area contributed by atoms with Gasteiger partial charge in [0.25, 0.3) is 0 Å². The molecule has 0 radical (unpaired) electrons. The van der Waals surface area contributed by atoms with Crippen LogP contribution in [-0.2, 0) is 4.74 Å². The van der Waals surface area contributed by atoms with Crippen LogP contribution in [0.15, 0.2) is 18.2 Å². The van der Waals surface area contributed by atoms with Gasteiger partial charge in [0.05, 0.1) is 25.9 Å². The van der Waals surface area contributed by atoms with Crippen molar-refractivity contribution >= 4 is 17.2 Å². The third-order valence-electron chi connectivity index (χ3n) is 3.17. The lowest BCUT2D eigenvalue weighted by Gasteiger charge is -2.15. The monoisotopic (exact) mass is 281 g/mol. The molecule has 104 valence electrons. The number of thiocarbonyl (C=S) groups is 1. The first-order valence-electron chi connectivity index (χ1n) is 6.36. The van der Waals surface area contributed by atoms with E-state index in [0.29, 0.717) is 4.99 Å². The molecule has 0 spiro atoms. The molecule has 1 atom stereocenters. The van der Waals surface area contributed by atoms with Gasteiger partial charge in [-0.3, -0.25) is 0 Å². The summed E-state index contributed by atoms with van der Waals surface area (Å²) in [5.41, 5.74) is 0.842. The molecule has 5 heteroatoms. The van der Waals surface area contributed by atoms with Crippen LogP contribution in [0.2, 0.25) is 0 Å². The Labute approximate surface area is 119 Å². The summed E-state index contributed by atoms with van der Waals surface area (Å²) in [5, 5.41) is 3.24. The molecule has 1 aromatic carbocycles. The van der Waals surface area contributed by atoms with Crippen LogP contribution >= 0.6 is 12.2 Å². The van der Waals surface area contributed by atoms with Gasteiger partial charge in [0.15, 0.2) is 0 Å². The average molecular weight is 281 g/mol. The van der Waals surface area contributed by atoms with Gasteiger partial charge in [0, 0.05) is 13.2 Å². The number of hydrogen-bond donors (Lipinski definition) is 1. The second-order valence-corrected chi connectivity index (χ2v) is 4.82. The van der Waals surface area contributed by atoms with E-state index in [4.69, 9.17) is 26.4 Å².